The summed E-state index contributed by atoms with van der Waals surface area (Å²) >= 11 is 0. The first-order valence-corrected chi connectivity index (χ1v) is 9.84. The van der Waals surface area contributed by atoms with Gasteiger partial charge in [-0.05, 0) is 31.4 Å². The van der Waals surface area contributed by atoms with Gasteiger partial charge in [-0.2, -0.15) is 13.2 Å². The number of anilines is 1. The molecule has 29 heavy (non-hydrogen) atoms. The number of piperazine rings is 1. The van der Waals surface area contributed by atoms with Gasteiger partial charge in [0, 0.05) is 59.1 Å². The molecule has 0 radical (unpaired) electrons. The van der Waals surface area contributed by atoms with Gasteiger partial charge in [-0.15, -0.1) is 24.0 Å². The molecule has 0 amide bonds. The summed E-state index contributed by atoms with van der Waals surface area (Å²) in [6, 6.07) is 2.69. The van der Waals surface area contributed by atoms with Crippen LogP contribution in [0.5, 0.6) is 0 Å². The van der Waals surface area contributed by atoms with Crippen LogP contribution in [0.25, 0.3) is 0 Å². The summed E-state index contributed by atoms with van der Waals surface area (Å²) in [5.74, 6) is 1.73. The van der Waals surface area contributed by atoms with Crippen molar-refractivity contribution in [2.24, 2.45) is 4.99 Å². The zero-order valence-electron chi connectivity index (χ0n) is 17.0. The maximum absolute atomic E-state index is 12.9. The highest BCUT2D eigenvalue weighted by Gasteiger charge is 2.41. The van der Waals surface area contributed by atoms with E-state index in [0.29, 0.717) is 38.7 Å². The van der Waals surface area contributed by atoms with Crippen LogP contribution in [0.2, 0.25) is 0 Å². The fraction of sp³-hybridized carbons (Fsp3) is 0.684. The maximum Gasteiger partial charge on any atom is 0.403 e. The van der Waals surface area contributed by atoms with Crippen molar-refractivity contribution in [1.29, 1.82) is 0 Å². The Labute approximate surface area is 187 Å². The third-order valence-corrected chi connectivity index (χ3v) is 5.54. The van der Waals surface area contributed by atoms with E-state index in [0.717, 1.165) is 24.5 Å². The van der Waals surface area contributed by atoms with E-state index in [-0.39, 0.29) is 24.0 Å². The minimum Gasteiger partial charge on any atom is -0.357 e. The highest BCUT2D eigenvalue weighted by molar-refractivity contribution is 14.0. The number of aliphatic imine (C=N–C) groups is 1. The van der Waals surface area contributed by atoms with E-state index in [2.05, 4.69) is 26.3 Å². The molecule has 10 heteroatoms. The van der Waals surface area contributed by atoms with Gasteiger partial charge >= 0.3 is 6.18 Å². The molecule has 3 rings (SSSR count). The molecule has 0 saturated carbocycles. The molecule has 0 aliphatic carbocycles. The molecule has 2 aliphatic rings. The second-order valence-electron chi connectivity index (χ2n) is 7.36. The predicted molar refractivity (Wildman–Crippen MR) is 120 cm³/mol. The number of nitrogens with one attached hydrogen (secondary N) is 1. The van der Waals surface area contributed by atoms with Gasteiger partial charge in [-0.3, -0.25) is 9.89 Å². The number of hydrogen-bond acceptors (Lipinski definition) is 4. The highest BCUT2D eigenvalue weighted by atomic mass is 127. The van der Waals surface area contributed by atoms with Crippen LogP contribution in [-0.4, -0.2) is 79.3 Å². The summed E-state index contributed by atoms with van der Waals surface area (Å²) in [5.41, 5.74) is 1.05. The second-order valence-corrected chi connectivity index (χ2v) is 7.36. The molecule has 164 valence electrons. The Morgan fingerprint density at radius 3 is 2.31 bits per heavy atom. The average molecular weight is 526 g/mol. The number of aromatic nitrogens is 1. The third kappa shape index (κ3) is 6.34. The van der Waals surface area contributed by atoms with Crippen LogP contribution in [0.1, 0.15) is 25.3 Å². The van der Waals surface area contributed by atoms with E-state index in [9.17, 15) is 13.2 Å². The van der Waals surface area contributed by atoms with E-state index in [1.807, 2.05) is 17.2 Å². The number of pyridine rings is 1. The van der Waals surface area contributed by atoms with E-state index < -0.39 is 12.2 Å². The molecule has 0 aromatic carbocycles. The molecule has 1 N–H and O–H groups in total. The molecule has 2 fully saturated rings. The normalized spacial score (nSPS) is 19.8. The van der Waals surface area contributed by atoms with Gasteiger partial charge in [0.1, 0.15) is 11.9 Å². The summed E-state index contributed by atoms with van der Waals surface area (Å²) in [7, 11) is 1.70. The Kier molecular flexibility index (Phi) is 8.80. The first-order valence-electron chi connectivity index (χ1n) is 9.84. The quantitative estimate of drug-likeness (QED) is 0.372. The standard InChI is InChI=1S/C19H29F3N6.HI/c1-15(19(20,21)22)26-9-11-28(12-10-26)18(23-2)25-14-16-5-6-17(24-13-16)27-7-3-4-8-27;/h5-6,13,15H,3-4,7-12,14H2,1-2H3,(H,23,25);1H. The third-order valence-electron chi connectivity index (χ3n) is 5.54. The molecule has 2 aliphatic heterocycles. The first kappa shape index (κ1) is 24.0. The molecule has 0 spiro atoms. The molecule has 3 heterocycles. The van der Waals surface area contributed by atoms with Crippen molar-refractivity contribution < 1.29 is 13.2 Å². The number of rotatable bonds is 4. The van der Waals surface area contributed by atoms with Crippen molar-refractivity contribution in [3.8, 4) is 0 Å². The van der Waals surface area contributed by atoms with Crippen LogP contribution in [0.3, 0.4) is 0 Å². The number of alkyl halides is 3. The van der Waals surface area contributed by atoms with Gasteiger partial charge in [0.25, 0.3) is 0 Å². The minimum absolute atomic E-state index is 0. The Morgan fingerprint density at radius 2 is 1.79 bits per heavy atom. The summed E-state index contributed by atoms with van der Waals surface area (Å²) < 4.78 is 38.7. The molecule has 1 unspecified atom stereocenters. The van der Waals surface area contributed by atoms with Crippen molar-refractivity contribution in [2.75, 3.05) is 51.2 Å². The van der Waals surface area contributed by atoms with Crippen LogP contribution >= 0.6 is 24.0 Å². The SMILES string of the molecule is CN=C(NCc1ccc(N2CCCC2)nc1)N1CCN(C(C)C(F)(F)F)CC1.I. The number of halogens is 4. The average Bonchev–Trinajstić information content (AvgIpc) is 3.23. The smallest absolute Gasteiger partial charge is 0.357 e. The van der Waals surface area contributed by atoms with Crippen LogP contribution < -0.4 is 10.2 Å². The van der Waals surface area contributed by atoms with Gasteiger partial charge in [-0.25, -0.2) is 4.98 Å². The topological polar surface area (TPSA) is 47.0 Å². The van der Waals surface area contributed by atoms with Gasteiger partial charge < -0.3 is 15.1 Å². The highest BCUT2D eigenvalue weighted by Crippen LogP contribution is 2.25. The van der Waals surface area contributed by atoms with Crippen LogP contribution in [0.4, 0.5) is 19.0 Å². The molecule has 1 aromatic heterocycles. The monoisotopic (exact) mass is 526 g/mol. The summed E-state index contributed by atoms with van der Waals surface area (Å²) in [4.78, 5) is 14.6. The minimum atomic E-state index is -4.18. The van der Waals surface area contributed by atoms with E-state index >= 15 is 0 Å². The van der Waals surface area contributed by atoms with Gasteiger partial charge in [0.05, 0.1) is 0 Å². The lowest BCUT2D eigenvalue weighted by atomic mass is 10.2. The maximum atomic E-state index is 12.9. The number of guanidine groups is 1. The first-order chi connectivity index (χ1) is 13.4. The Morgan fingerprint density at radius 1 is 1.14 bits per heavy atom. The number of nitrogens with zero attached hydrogens (tertiary/aromatic N) is 5. The molecule has 1 atom stereocenters. The van der Waals surface area contributed by atoms with Crippen molar-refractivity contribution in [3.05, 3.63) is 23.9 Å². The van der Waals surface area contributed by atoms with Gasteiger partial charge in [-0.1, -0.05) is 6.07 Å². The molecular weight excluding hydrogens is 496 g/mol. The molecule has 1 aromatic rings. The fourth-order valence-corrected chi connectivity index (χ4v) is 3.70. The zero-order valence-corrected chi connectivity index (χ0v) is 19.3. The molecule has 2 saturated heterocycles. The lowest BCUT2D eigenvalue weighted by Crippen LogP contribution is -2.56. The summed E-state index contributed by atoms with van der Waals surface area (Å²) in [5, 5.41) is 3.30. The Bertz CT molecular complexity index is 653. The van der Waals surface area contributed by atoms with Crippen LogP contribution in [-0.2, 0) is 6.54 Å². The van der Waals surface area contributed by atoms with Gasteiger partial charge in [0.15, 0.2) is 5.96 Å². The number of hydrogen-bond donors (Lipinski definition) is 1. The van der Waals surface area contributed by atoms with Crippen LogP contribution in [0, 0.1) is 0 Å². The summed E-state index contributed by atoms with van der Waals surface area (Å²) in [6.07, 6.45) is 0.125. The van der Waals surface area contributed by atoms with Crippen molar-refractivity contribution in [3.63, 3.8) is 0 Å². The van der Waals surface area contributed by atoms with Gasteiger partial charge in [0.2, 0.25) is 0 Å². The molecule has 6 nitrogen and oxygen atoms in total. The lowest BCUT2D eigenvalue weighted by molar-refractivity contribution is -0.181. The fourth-order valence-electron chi connectivity index (χ4n) is 3.70. The second kappa shape index (κ2) is 10.6. The summed E-state index contributed by atoms with van der Waals surface area (Å²) in [6.45, 7) is 5.71. The molecule has 0 bridgehead atoms. The Balaban J connectivity index is 0.00000300. The van der Waals surface area contributed by atoms with Crippen molar-refractivity contribution >= 4 is 35.8 Å². The van der Waals surface area contributed by atoms with Crippen molar-refractivity contribution in [1.82, 2.24) is 20.1 Å². The largest absolute Gasteiger partial charge is 0.403 e. The predicted octanol–water partition coefficient (Wildman–Crippen LogP) is 2.94. The van der Waals surface area contributed by atoms with Crippen molar-refractivity contribution in [2.45, 2.75) is 38.5 Å². The van der Waals surface area contributed by atoms with E-state index in [1.165, 1.54) is 24.7 Å². The zero-order chi connectivity index (χ0) is 20.1. The van der Waals surface area contributed by atoms with E-state index in [1.54, 1.807) is 7.05 Å². The lowest BCUT2D eigenvalue weighted by Gasteiger charge is -2.39. The Hall–Kier alpha value is -1.30. The van der Waals surface area contributed by atoms with Crippen LogP contribution in [0.15, 0.2) is 23.3 Å². The van der Waals surface area contributed by atoms with E-state index in [4.69, 9.17) is 0 Å². The molecular formula is C19H30F3IN6.